The van der Waals surface area contributed by atoms with Crippen LogP contribution in [0.5, 0.6) is 0 Å². The zero-order valence-electron chi connectivity index (χ0n) is 8.27. The Labute approximate surface area is 86.5 Å². The summed E-state index contributed by atoms with van der Waals surface area (Å²) in [5, 5.41) is 17.4. The summed E-state index contributed by atoms with van der Waals surface area (Å²) in [4.78, 5) is 4.45. The average molecular weight is 204 g/mol. The van der Waals surface area contributed by atoms with Crippen molar-refractivity contribution in [3.8, 4) is 11.5 Å². The van der Waals surface area contributed by atoms with E-state index in [1.54, 1.807) is 6.20 Å². The van der Waals surface area contributed by atoms with Crippen molar-refractivity contribution < 1.29 is 0 Å². The fourth-order valence-electron chi connectivity index (χ4n) is 2.08. The highest BCUT2D eigenvalue weighted by Crippen LogP contribution is 2.32. The van der Waals surface area contributed by atoms with Crippen LogP contribution >= 0.6 is 0 Å². The Balaban J connectivity index is 1.87. The lowest BCUT2D eigenvalue weighted by atomic mass is 10.1. The lowest BCUT2D eigenvalue weighted by Crippen LogP contribution is -1.94. The number of hydrogen-bond donors (Lipinski definition) is 2. The molecule has 2 aromatic rings. The summed E-state index contributed by atoms with van der Waals surface area (Å²) >= 11 is 0. The molecule has 0 spiro atoms. The number of aromatic nitrogens is 6. The second kappa shape index (κ2) is 3.45. The molecule has 2 heterocycles. The Kier molecular flexibility index (Phi) is 1.97. The molecule has 1 fully saturated rings. The van der Waals surface area contributed by atoms with Crippen LogP contribution in [-0.4, -0.2) is 30.6 Å². The van der Waals surface area contributed by atoms with E-state index in [0.717, 1.165) is 5.82 Å². The standard InChI is InChI=1S/C9H12N6/c1-2-4-6(3-1)8-11-9(14-13-8)7-5-10-15-12-7/h5-6H,1-4H2,(H,10,12,15)(H,11,13,14). The third kappa shape index (κ3) is 1.51. The van der Waals surface area contributed by atoms with Gasteiger partial charge in [-0.15, -0.1) is 0 Å². The third-order valence-electron chi connectivity index (χ3n) is 2.89. The van der Waals surface area contributed by atoms with Gasteiger partial charge in [-0.2, -0.15) is 20.5 Å². The first-order chi connectivity index (χ1) is 7.43. The van der Waals surface area contributed by atoms with Gasteiger partial charge in [0.25, 0.3) is 0 Å². The van der Waals surface area contributed by atoms with E-state index in [2.05, 4.69) is 30.6 Å². The van der Waals surface area contributed by atoms with Crippen molar-refractivity contribution in [2.24, 2.45) is 0 Å². The van der Waals surface area contributed by atoms with Crippen molar-refractivity contribution in [3.63, 3.8) is 0 Å². The molecular formula is C9H12N6. The van der Waals surface area contributed by atoms with Gasteiger partial charge in [-0.25, -0.2) is 4.98 Å². The number of hydrogen-bond acceptors (Lipinski definition) is 4. The van der Waals surface area contributed by atoms with Gasteiger partial charge in [0.1, 0.15) is 5.82 Å². The molecule has 0 amide bonds. The van der Waals surface area contributed by atoms with Gasteiger partial charge in [-0.05, 0) is 12.8 Å². The molecule has 1 saturated carbocycles. The maximum absolute atomic E-state index is 4.45. The van der Waals surface area contributed by atoms with Gasteiger partial charge in [0.15, 0.2) is 5.69 Å². The second-order valence-corrected chi connectivity index (χ2v) is 3.88. The summed E-state index contributed by atoms with van der Waals surface area (Å²) in [5.74, 6) is 2.18. The Bertz CT molecular complexity index is 425. The van der Waals surface area contributed by atoms with Crippen LogP contribution in [0.2, 0.25) is 0 Å². The molecule has 0 aliphatic heterocycles. The summed E-state index contributed by atoms with van der Waals surface area (Å²) in [5.41, 5.74) is 0.690. The normalized spacial score (nSPS) is 17.3. The first kappa shape index (κ1) is 8.58. The molecule has 0 bridgehead atoms. The highest BCUT2D eigenvalue weighted by Gasteiger charge is 2.21. The van der Waals surface area contributed by atoms with Gasteiger partial charge >= 0.3 is 0 Å². The molecule has 6 heteroatoms. The number of aromatic amines is 2. The highest BCUT2D eigenvalue weighted by molar-refractivity contribution is 5.45. The van der Waals surface area contributed by atoms with E-state index in [0.29, 0.717) is 17.4 Å². The van der Waals surface area contributed by atoms with Crippen LogP contribution in [0.1, 0.15) is 37.4 Å². The molecule has 0 atom stereocenters. The Morgan fingerprint density at radius 1 is 1.20 bits per heavy atom. The molecule has 2 N–H and O–H groups in total. The molecule has 0 radical (unpaired) electrons. The highest BCUT2D eigenvalue weighted by atomic mass is 15.3. The number of nitrogens with one attached hydrogen (secondary N) is 2. The topological polar surface area (TPSA) is 83.1 Å². The molecule has 78 valence electrons. The molecule has 0 aromatic carbocycles. The molecule has 1 aliphatic carbocycles. The lowest BCUT2D eigenvalue weighted by Gasteiger charge is -2.01. The van der Waals surface area contributed by atoms with Crippen molar-refractivity contribution in [1.29, 1.82) is 0 Å². The summed E-state index contributed by atoms with van der Waals surface area (Å²) < 4.78 is 0. The Hall–Kier alpha value is -1.72. The van der Waals surface area contributed by atoms with Crippen molar-refractivity contribution in [1.82, 2.24) is 30.6 Å². The predicted octanol–water partition coefficient (Wildman–Crippen LogP) is 1.25. The van der Waals surface area contributed by atoms with Gasteiger partial charge in [0.2, 0.25) is 5.82 Å². The van der Waals surface area contributed by atoms with E-state index in [-0.39, 0.29) is 0 Å². The van der Waals surface area contributed by atoms with Crippen molar-refractivity contribution >= 4 is 0 Å². The van der Waals surface area contributed by atoms with Crippen LogP contribution in [0.3, 0.4) is 0 Å². The van der Waals surface area contributed by atoms with Crippen LogP contribution in [-0.2, 0) is 0 Å². The summed E-state index contributed by atoms with van der Waals surface area (Å²) in [7, 11) is 0. The van der Waals surface area contributed by atoms with Crippen molar-refractivity contribution in [2.75, 3.05) is 0 Å². The molecule has 2 aromatic heterocycles. The quantitative estimate of drug-likeness (QED) is 0.771. The molecular weight excluding hydrogens is 192 g/mol. The first-order valence-corrected chi connectivity index (χ1v) is 5.22. The Morgan fingerprint density at radius 3 is 2.80 bits per heavy atom. The van der Waals surface area contributed by atoms with Gasteiger partial charge in [-0.3, -0.25) is 5.10 Å². The SMILES string of the molecule is c1n[nH]nc1-c1n[nH]c(C2CCCC2)n1. The van der Waals surface area contributed by atoms with Crippen LogP contribution in [0.25, 0.3) is 11.5 Å². The maximum Gasteiger partial charge on any atom is 0.203 e. The third-order valence-corrected chi connectivity index (χ3v) is 2.89. The number of nitrogens with zero attached hydrogens (tertiary/aromatic N) is 4. The fraction of sp³-hybridized carbons (Fsp3) is 0.556. The van der Waals surface area contributed by atoms with Crippen LogP contribution in [0.15, 0.2) is 6.20 Å². The summed E-state index contributed by atoms with van der Waals surface area (Å²) in [6, 6.07) is 0. The smallest absolute Gasteiger partial charge is 0.203 e. The molecule has 0 unspecified atom stereocenters. The van der Waals surface area contributed by atoms with E-state index in [4.69, 9.17) is 0 Å². The molecule has 15 heavy (non-hydrogen) atoms. The monoisotopic (exact) mass is 204 g/mol. The summed E-state index contributed by atoms with van der Waals surface area (Å²) in [6.45, 7) is 0. The molecule has 0 saturated heterocycles. The van der Waals surface area contributed by atoms with E-state index in [1.807, 2.05) is 0 Å². The van der Waals surface area contributed by atoms with Crippen molar-refractivity contribution in [2.45, 2.75) is 31.6 Å². The largest absolute Gasteiger partial charge is 0.262 e. The number of rotatable bonds is 2. The van der Waals surface area contributed by atoms with Gasteiger partial charge < -0.3 is 0 Å². The zero-order chi connectivity index (χ0) is 10.1. The minimum atomic E-state index is 0.554. The van der Waals surface area contributed by atoms with E-state index in [1.165, 1.54) is 25.7 Å². The maximum atomic E-state index is 4.45. The predicted molar refractivity (Wildman–Crippen MR) is 53.0 cm³/mol. The molecule has 6 nitrogen and oxygen atoms in total. The molecule has 1 aliphatic rings. The van der Waals surface area contributed by atoms with Gasteiger partial charge in [0.05, 0.1) is 6.20 Å². The summed E-state index contributed by atoms with van der Waals surface area (Å²) in [6.07, 6.45) is 6.65. The van der Waals surface area contributed by atoms with Crippen LogP contribution < -0.4 is 0 Å². The van der Waals surface area contributed by atoms with Crippen LogP contribution in [0, 0.1) is 0 Å². The Morgan fingerprint density at radius 2 is 2.07 bits per heavy atom. The molecule has 3 rings (SSSR count). The first-order valence-electron chi connectivity index (χ1n) is 5.22. The van der Waals surface area contributed by atoms with Gasteiger partial charge in [0, 0.05) is 5.92 Å². The van der Waals surface area contributed by atoms with Gasteiger partial charge in [-0.1, -0.05) is 12.8 Å². The van der Waals surface area contributed by atoms with Crippen molar-refractivity contribution in [3.05, 3.63) is 12.0 Å². The fourth-order valence-corrected chi connectivity index (χ4v) is 2.08. The minimum absolute atomic E-state index is 0.554. The number of H-pyrrole nitrogens is 2. The van der Waals surface area contributed by atoms with Crippen LogP contribution in [0.4, 0.5) is 0 Å². The minimum Gasteiger partial charge on any atom is -0.262 e. The van der Waals surface area contributed by atoms with E-state index >= 15 is 0 Å². The lowest BCUT2D eigenvalue weighted by molar-refractivity contribution is 0.672. The average Bonchev–Trinajstić information content (AvgIpc) is 3.02. The second-order valence-electron chi connectivity index (χ2n) is 3.88. The van der Waals surface area contributed by atoms with E-state index in [9.17, 15) is 0 Å². The van der Waals surface area contributed by atoms with E-state index < -0.39 is 0 Å². The zero-order valence-corrected chi connectivity index (χ0v) is 8.27.